The molecule has 1 saturated carbocycles. The van der Waals surface area contributed by atoms with Gasteiger partial charge in [0.05, 0.1) is 19.3 Å². The molecule has 2 aromatic rings. The Morgan fingerprint density at radius 2 is 1.79 bits per heavy atom. The third-order valence-electron chi connectivity index (χ3n) is 5.20. The third kappa shape index (κ3) is 5.14. The first-order valence-corrected chi connectivity index (χ1v) is 10.4. The van der Waals surface area contributed by atoms with Crippen LogP contribution >= 0.6 is 11.3 Å². The number of methoxy groups -OCH3 is 1. The highest BCUT2D eigenvalue weighted by molar-refractivity contribution is 7.10. The van der Waals surface area contributed by atoms with Crippen LogP contribution in [0.1, 0.15) is 30.6 Å². The summed E-state index contributed by atoms with van der Waals surface area (Å²) in [5, 5.41) is 9.81. The van der Waals surface area contributed by atoms with Gasteiger partial charge in [-0.05, 0) is 36.4 Å². The maximum absolute atomic E-state index is 12.2. The summed E-state index contributed by atoms with van der Waals surface area (Å²) in [4.78, 5) is 37.6. The Labute approximate surface area is 173 Å². The number of ether oxygens (including phenoxy) is 1. The second-order valence-electron chi connectivity index (χ2n) is 7.08. The molecule has 8 heteroatoms. The van der Waals surface area contributed by atoms with Crippen molar-refractivity contribution < 1.29 is 19.1 Å². The fourth-order valence-electron chi connectivity index (χ4n) is 3.64. The van der Waals surface area contributed by atoms with E-state index in [9.17, 15) is 14.4 Å². The van der Waals surface area contributed by atoms with Crippen LogP contribution in [0.25, 0.3) is 0 Å². The first kappa shape index (κ1) is 20.9. The number of anilines is 1. The lowest BCUT2D eigenvalue weighted by Gasteiger charge is -2.28. The first-order chi connectivity index (χ1) is 14.0. The molecular weight excluding hydrogens is 390 g/mol. The van der Waals surface area contributed by atoms with E-state index in [4.69, 9.17) is 4.74 Å². The summed E-state index contributed by atoms with van der Waals surface area (Å²) in [5.41, 5.74) is 0.369. The first-order valence-electron chi connectivity index (χ1n) is 9.57. The van der Waals surface area contributed by atoms with Gasteiger partial charge in [0.1, 0.15) is 5.75 Å². The van der Waals surface area contributed by atoms with Crippen molar-refractivity contribution in [2.45, 2.75) is 31.1 Å². The summed E-state index contributed by atoms with van der Waals surface area (Å²) in [5.74, 6) is -1.60. The van der Waals surface area contributed by atoms with E-state index < -0.39 is 11.8 Å². The topological polar surface area (TPSA) is 96.5 Å². The molecular formula is C21H25N3O4S. The van der Waals surface area contributed by atoms with Crippen molar-refractivity contribution in [2.75, 3.05) is 25.5 Å². The molecule has 0 unspecified atom stereocenters. The molecule has 3 N–H and O–H groups in total. The quantitative estimate of drug-likeness (QED) is 0.605. The van der Waals surface area contributed by atoms with Crippen LogP contribution in [0.5, 0.6) is 5.75 Å². The molecule has 1 aliphatic carbocycles. The molecule has 1 heterocycles. The van der Waals surface area contributed by atoms with E-state index in [1.807, 2.05) is 6.07 Å². The van der Waals surface area contributed by atoms with E-state index in [-0.39, 0.29) is 17.9 Å². The molecule has 3 rings (SSSR count). The molecule has 0 bridgehead atoms. The second kappa shape index (κ2) is 9.56. The van der Waals surface area contributed by atoms with E-state index in [0.29, 0.717) is 18.0 Å². The number of carbonyl (C=O) groups is 3. The smallest absolute Gasteiger partial charge is 0.313 e. The Morgan fingerprint density at radius 1 is 1.03 bits per heavy atom. The number of hydrogen-bond acceptors (Lipinski definition) is 5. The van der Waals surface area contributed by atoms with Gasteiger partial charge in [-0.15, -0.1) is 11.3 Å². The Balaban J connectivity index is 1.47. The van der Waals surface area contributed by atoms with Crippen LogP contribution in [-0.2, 0) is 19.8 Å². The lowest BCUT2D eigenvalue weighted by molar-refractivity contribution is -0.136. The Kier molecular flexibility index (Phi) is 6.87. The van der Waals surface area contributed by atoms with Crippen LogP contribution in [0.15, 0.2) is 41.8 Å². The fourth-order valence-corrected chi connectivity index (χ4v) is 4.63. The highest BCUT2D eigenvalue weighted by Crippen LogP contribution is 2.42. The van der Waals surface area contributed by atoms with Gasteiger partial charge >= 0.3 is 11.8 Å². The molecule has 0 radical (unpaired) electrons. The molecule has 0 spiro atoms. The number of thiophene rings is 1. The lowest BCUT2D eigenvalue weighted by atomic mass is 9.84. The zero-order chi connectivity index (χ0) is 20.7. The molecule has 3 amide bonds. The molecule has 0 saturated heterocycles. The summed E-state index contributed by atoms with van der Waals surface area (Å²) in [6.07, 6.45) is 4.38. The van der Waals surface area contributed by atoms with Crippen molar-refractivity contribution in [1.82, 2.24) is 10.6 Å². The number of amides is 3. The van der Waals surface area contributed by atoms with Gasteiger partial charge in [0.2, 0.25) is 5.91 Å². The normalized spacial score (nSPS) is 14.8. The second-order valence-corrected chi connectivity index (χ2v) is 8.03. The van der Waals surface area contributed by atoms with Gasteiger partial charge in [-0.3, -0.25) is 14.4 Å². The van der Waals surface area contributed by atoms with Crippen molar-refractivity contribution in [3.05, 3.63) is 46.7 Å². The van der Waals surface area contributed by atoms with Crippen molar-refractivity contribution in [3.63, 3.8) is 0 Å². The minimum absolute atomic E-state index is 0.0188. The third-order valence-corrected chi connectivity index (χ3v) is 6.32. The van der Waals surface area contributed by atoms with Crippen LogP contribution < -0.4 is 20.7 Å². The molecule has 0 atom stereocenters. The van der Waals surface area contributed by atoms with E-state index in [0.717, 1.165) is 25.7 Å². The highest BCUT2D eigenvalue weighted by Gasteiger charge is 2.36. The molecule has 29 heavy (non-hydrogen) atoms. The maximum Gasteiger partial charge on any atom is 0.313 e. The minimum Gasteiger partial charge on any atom is -0.495 e. The molecule has 0 aliphatic heterocycles. The Morgan fingerprint density at radius 3 is 2.48 bits per heavy atom. The number of hydrogen-bond donors (Lipinski definition) is 3. The Hall–Kier alpha value is -2.87. The van der Waals surface area contributed by atoms with Crippen LogP contribution in [-0.4, -0.2) is 37.9 Å². The van der Waals surface area contributed by atoms with Crippen LogP contribution in [0, 0.1) is 0 Å². The summed E-state index contributed by atoms with van der Waals surface area (Å²) in [6, 6.07) is 10.9. The van der Waals surface area contributed by atoms with Crippen LogP contribution in [0.2, 0.25) is 0 Å². The largest absolute Gasteiger partial charge is 0.495 e. The zero-order valence-corrected chi connectivity index (χ0v) is 17.1. The Bertz CT molecular complexity index is 861. The summed E-state index contributed by atoms with van der Waals surface area (Å²) in [7, 11) is 1.47. The van der Waals surface area contributed by atoms with E-state index in [1.54, 1.807) is 35.6 Å². The zero-order valence-electron chi connectivity index (χ0n) is 16.3. The average Bonchev–Trinajstić information content (AvgIpc) is 3.43. The van der Waals surface area contributed by atoms with Crippen LogP contribution in [0.3, 0.4) is 0 Å². The maximum atomic E-state index is 12.2. The van der Waals surface area contributed by atoms with E-state index in [2.05, 4.69) is 27.4 Å². The summed E-state index contributed by atoms with van der Waals surface area (Å²) < 4.78 is 5.14. The molecule has 1 aromatic heterocycles. The standard InChI is InChI=1S/C21H25N3O4S/c1-28-16-8-3-2-7-15(16)24-20(27)19(26)22-13-18(25)23-14-21(10-4-5-11-21)17-9-6-12-29-17/h2-3,6-9,12H,4-5,10-11,13-14H2,1H3,(H,22,26)(H,23,25)(H,24,27). The predicted molar refractivity (Wildman–Crippen MR) is 112 cm³/mol. The van der Waals surface area contributed by atoms with Crippen molar-refractivity contribution in [1.29, 1.82) is 0 Å². The van der Waals surface area contributed by atoms with Gasteiger partial charge in [-0.25, -0.2) is 0 Å². The number of benzene rings is 1. The number of para-hydroxylation sites is 2. The summed E-state index contributed by atoms with van der Waals surface area (Å²) >= 11 is 1.71. The molecule has 1 aliphatic rings. The van der Waals surface area contributed by atoms with Gasteiger partial charge in [-0.2, -0.15) is 0 Å². The van der Waals surface area contributed by atoms with Crippen molar-refractivity contribution in [2.24, 2.45) is 0 Å². The molecule has 7 nitrogen and oxygen atoms in total. The van der Waals surface area contributed by atoms with Gasteiger partial charge in [-0.1, -0.05) is 31.0 Å². The number of rotatable bonds is 7. The SMILES string of the molecule is COc1ccccc1NC(=O)C(=O)NCC(=O)NCC1(c2cccs2)CCCC1. The van der Waals surface area contributed by atoms with Gasteiger partial charge in [0.15, 0.2) is 0 Å². The molecule has 1 aromatic carbocycles. The molecule has 154 valence electrons. The highest BCUT2D eigenvalue weighted by atomic mass is 32.1. The summed E-state index contributed by atoms with van der Waals surface area (Å²) in [6.45, 7) is 0.286. The minimum atomic E-state index is -0.875. The predicted octanol–water partition coefficient (Wildman–Crippen LogP) is 2.44. The van der Waals surface area contributed by atoms with E-state index >= 15 is 0 Å². The van der Waals surface area contributed by atoms with Crippen molar-refractivity contribution >= 4 is 34.7 Å². The number of carbonyl (C=O) groups excluding carboxylic acids is 3. The van der Waals surface area contributed by atoms with E-state index in [1.165, 1.54) is 12.0 Å². The van der Waals surface area contributed by atoms with Crippen LogP contribution in [0.4, 0.5) is 5.69 Å². The average molecular weight is 416 g/mol. The molecule has 1 fully saturated rings. The van der Waals surface area contributed by atoms with Gasteiger partial charge in [0, 0.05) is 16.8 Å². The monoisotopic (exact) mass is 415 g/mol. The van der Waals surface area contributed by atoms with Gasteiger partial charge < -0.3 is 20.7 Å². The fraction of sp³-hybridized carbons (Fsp3) is 0.381. The van der Waals surface area contributed by atoms with Gasteiger partial charge in [0.25, 0.3) is 0 Å². The number of nitrogens with one attached hydrogen (secondary N) is 3. The lowest BCUT2D eigenvalue weighted by Crippen LogP contribution is -2.45. The van der Waals surface area contributed by atoms with Crippen molar-refractivity contribution in [3.8, 4) is 5.75 Å².